The van der Waals surface area contributed by atoms with Gasteiger partial charge in [-0.3, -0.25) is 0 Å². The minimum Gasteiger partial charge on any atom is -0.454 e. The Bertz CT molecular complexity index is 779. The topological polar surface area (TPSA) is 46.3 Å². The number of ether oxygens (including phenoxy) is 2. The van der Waals surface area contributed by atoms with Gasteiger partial charge in [-0.05, 0) is 35.4 Å². The molecule has 0 amide bonds. The van der Waals surface area contributed by atoms with E-state index < -0.39 is 0 Å². The molecule has 106 valence electrons. The fourth-order valence-electron chi connectivity index (χ4n) is 2.70. The van der Waals surface area contributed by atoms with Gasteiger partial charge in [0.05, 0.1) is 0 Å². The number of hydrogen-bond acceptors (Lipinski definition) is 3. The molecule has 0 saturated carbocycles. The Kier molecular flexibility index (Phi) is 3.01. The van der Waals surface area contributed by atoms with Crippen LogP contribution in [-0.4, -0.2) is 11.8 Å². The molecule has 0 atom stereocenters. The van der Waals surface area contributed by atoms with E-state index in [4.69, 9.17) is 9.47 Å². The van der Waals surface area contributed by atoms with Crippen LogP contribution in [0, 0.1) is 0 Å². The molecule has 0 saturated heterocycles. The van der Waals surface area contributed by atoms with Gasteiger partial charge in [-0.2, -0.15) is 0 Å². The first-order valence-electron chi connectivity index (χ1n) is 7.04. The van der Waals surface area contributed by atoms with Crippen LogP contribution < -0.4 is 14.8 Å². The summed E-state index contributed by atoms with van der Waals surface area (Å²) in [6.07, 6.45) is 1.98. The Balaban J connectivity index is 1.44. The molecular weight excluding hydrogens is 264 g/mol. The van der Waals surface area contributed by atoms with E-state index in [0.717, 1.165) is 24.6 Å². The quantitative estimate of drug-likeness (QED) is 0.771. The van der Waals surface area contributed by atoms with Crippen LogP contribution in [0.4, 0.5) is 0 Å². The first-order valence-corrected chi connectivity index (χ1v) is 7.04. The van der Waals surface area contributed by atoms with Crippen molar-refractivity contribution < 1.29 is 9.47 Å². The van der Waals surface area contributed by atoms with Crippen molar-refractivity contribution in [3.8, 4) is 11.5 Å². The minimum absolute atomic E-state index is 0.321. The number of fused-ring (bicyclic) bond motifs is 2. The highest BCUT2D eigenvalue weighted by Crippen LogP contribution is 2.32. The summed E-state index contributed by atoms with van der Waals surface area (Å²) in [5.41, 5.74) is 3.67. The van der Waals surface area contributed by atoms with Gasteiger partial charge in [0.2, 0.25) is 6.79 Å². The maximum absolute atomic E-state index is 5.40. The highest BCUT2D eigenvalue weighted by molar-refractivity contribution is 5.82. The normalized spacial score (nSPS) is 13.0. The molecule has 4 nitrogen and oxygen atoms in total. The zero-order valence-electron chi connectivity index (χ0n) is 11.6. The Morgan fingerprint density at radius 1 is 1.00 bits per heavy atom. The van der Waals surface area contributed by atoms with Crippen LogP contribution in [0.5, 0.6) is 11.5 Å². The van der Waals surface area contributed by atoms with Gasteiger partial charge in [0, 0.05) is 30.2 Å². The van der Waals surface area contributed by atoms with Crippen molar-refractivity contribution in [3.63, 3.8) is 0 Å². The molecule has 0 radical (unpaired) electrons. The molecule has 1 aliphatic rings. The predicted molar refractivity (Wildman–Crippen MR) is 81.4 cm³/mol. The lowest BCUT2D eigenvalue weighted by atomic mass is 10.1. The number of aromatic amines is 1. The number of rotatable bonds is 4. The number of H-pyrrole nitrogens is 1. The monoisotopic (exact) mass is 280 g/mol. The molecule has 0 unspecified atom stereocenters. The Morgan fingerprint density at radius 3 is 2.95 bits per heavy atom. The number of aromatic nitrogens is 1. The van der Waals surface area contributed by atoms with Crippen molar-refractivity contribution >= 4 is 10.9 Å². The van der Waals surface area contributed by atoms with E-state index >= 15 is 0 Å². The zero-order chi connectivity index (χ0) is 14.1. The van der Waals surface area contributed by atoms with Crippen molar-refractivity contribution in [2.24, 2.45) is 0 Å². The number of nitrogens with one attached hydrogen (secondary N) is 2. The third-order valence-electron chi connectivity index (χ3n) is 3.77. The average Bonchev–Trinajstić information content (AvgIpc) is 3.15. The lowest BCUT2D eigenvalue weighted by Gasteiger charge is -2.07. The van der Waals surface area contributed by atoms with Crippen molar-refractivity contribution in [1.82, 2.24) is 10.3 Å². The summed E-state index contributed by atoms with van der Waals surface area (Å²) in [5.74, 6) is 1.66. The van der Waals surface area contributed by atoms with E-state index in [1.165, 1.54) is 22.0 Å². The van der Waals surface area contributed by atoms with E-state index in [1.54, 1.807) is 0 Å². The third-order valence-corrected chi connectivity index (χ3v) is 3.77. The highest BCUT2D eigenvalue weighted by atomic mass is 16.7. The molecule has 1 aromatic heterocycles. The van der Waals surface area contributed by atoms with Gasteiger partial charge in [-0.1, -0.05) is 18.2 Å². The van der Waals surface area contributed by atoms with Gasteiger partial charge >= 0.3 is 0 Å². The molecule has 4 heteroatoms. The molecule has 2 aromatic carbocycles. The summed E-state index contributed by atoms with van der Waals surface area (Å²) in [5, 5.41) is 4.75. The van der Waals surface area contributed by atoms with Crippen LogP contribution in [0.25, 0.3) is 10.9 Å². The van der Waals surface area contributed by atoms with Crippen molar-refractivity contribution in [1.29, 1.82) is 0 Å². The number of hydrogen-bond donors (Lipinski definition) is 2. The molecule has 2 heterocycles. The van der Waals surface area contributed by atoms with Crippen LogP contribution in [0.15, 0.2) is 48.7 Å². The maximum atomic E-state index is 5.40. The van der Waals surface area contributed by atoms with Gasteiger partial charge in [0.1, 0.15) is 0 Å². The zero-order valence-corrected chi connectivity index (χ0v) is 11.6. The maximum Gasteiger partial charge on any atom is 0.231 e. The highest BCUT2D eigenvalue weighted by Gasteiger charge is 2.12. The SMILES string of the molecule is c1cc(CNCc2ccc3c(c2)OCO3)c2cc[nH]c2c1. The minimum atomic E-state index is 0.321. The molecule has 21 heavy (non-hydrogen) atoms. The molecule has 4 rings (SSSR count). The number of benzene rings is 2. The van der Waals surface area contributed by atoms with Crippen molar-refractivity contribution in [3.05, 3.63) is 59.8 Å². The van der Waals surface area contributed by atoms with Gasteiger partial charge in [-0.15, -0.1) is 0 Å². The van der Waals surface area contributed by atoms with E-state index in [-0.39, 0.29) is 0 Å². The molecule has 0 spiro atoms. The van der Waals surface area contributed by atoms with Gasteiger partial charge in [-0.25, -0.2) is 0 Å². The van der Waals surface area contributed by atoms with Gasteiger partial charge < -0.3 is 19.8 Å². The summed E-state index contributed by atoms with van der Waals surface area (Å²) in [6, 6.07) is 14.5. The molecule has 0 aliphatic carbocycles. The first-order chi connectivity index (χ1) is 10.4. The van der Waals surface area contributed by atoms with Crippen LogP contribution in [0.3, 0.4) is 0 Å². The second-order valence-corrected chi connectivity index (χ2v) is 5.15. The van der Waals surface area contributed by atoms with Gasteiger partial charge in [0.15, 0.2) is 11.5 Å². The molecular formula is C17H16N2O2. The van der Waals surface area contributed by atoms with E-state index in [1.807, 2.05) is 18.3 Å². The average molecular weight is 280 g/mol. The second kappa shape index (κ2) is 5.14. The van der Waals surface area contributed by atoms with Crippen molar-refractivity contribution in [2.45, 2.75) is 13.1 Å². The largest absolute Gasteiger partial charge is 0.454 e. The summed E-state index contributed by atoms with van der Waals surface area (Å²) in [6.45, 7) is 1.96. The standard InChI is InChI=1S/C17H16N2O2/c1-2-13(14-6-7-19-15(14)3-1)10-18-9-12-4-5-16-17(8-12)21-11-20-16/h1-8,18-19H,9-11H2. The van der Waals surface area contributed by atoms with Gasteiger partial charge in [0.25, 0.3) is 0 Å². The van der Waals surface area contributed by atoms with Crippen molar-refractivity contribution in [2.75, 3.05) is 6.79 Å². The van der Waals surface area contributed by atoms with Crippen LogP contribution in [0.2, 0.25) is 0 Å². The fraction of sp³-hybridized carbons (Fsp3) is 0.176. The molecule has 0 bridgehead atoms. The molecule has 1 aliphatic heterocycles. The second-order valence-electron chi connectivity index (χ2n) is 5.15. The predicted octanol–water partition coefficient (Wildman–Crippen LogP) is 3.19. The van der Waals surface area contributed by atoms with Crippen LogP contribution in [-0.2, 0) is 13.1 Å². The first kappa shape index (κ1) is 12.3. The van der Waals surface area contributed by atoms with E-state index in [0.29, 0.717) is 6.79 Å². The summed E-state index contributed by atoms with van der Waals surface area (Å²) in [4.78, 5) is 3.24. The summed E-state index contributed by atoms with van der Waals surface area (Å²) in [7, 11) is 0. The Morgan fingerprint density at radius 2 is 1.95 bits per heavy atom. The molecule has 0 fully saturated rings. The Labute approximate surface area is 122 Å². The Hall–Kier alpha value is -2.46. The third kappa shape index (κ3) is 2.34. The van der Waals surface area contributed by atoms with Crippen LogP contribution >= 0.6 is 0 Å². The summed E-state index contributed by atoms with van der Waals surface area (Å²) >= 11 is 0. The summed E-state index contributed by atoms with van der Waals surface area (Å²) < 4.78 is 10.7. The lowest BCUT2D eigenvalue weighted by molar-refractivity contribution is 0.174. The molecule has 2 N–H and O–H groups in total. The van der Waals surface area contributed by atoms with E-state index in [2.05, 4.69) is 40.6 Å². The smallest absolute Gasteiger partial charge is 0.231 e. The van der Waals surface area contributed by atoms with Crippen LogP contribution in [0.1, 0.15) is 11.1 Å². The molecule has 3 aromatic rings. The lowest BCUT2D eigenvalue weighted by Crippen LogP contribution is -2.12. The fourth-order valence-corrected chi connectivity index (χ4v) is 2.70. The van der Waals surface area contributed by atoms with E-state index in [9.17, 15) is 0 Å².